The first-order chi connectivity index (χ1) is 14.1. The summed E-state index contributed by atoms with van der Waals surface area (Å²) in [6, 6.07) is 6.16. The van der Waals surface area contributed by atoms with Crippen LogP contribution in [-0.2, 0) is 6.42 Å². The highest BCUT2D eigenvalue weighted by molar-refractivity contribution is 6.03. The van der Waals surface area contributed by atoms with Gasteiger partial charge < -0.3 is 19.9 Å². The number of pyridine rings is 2. The summed E-state index contributed by atoms with van der Waals surface area (Å²) < 4.78 is 1.92. The summed E-state index contributed by atoms with van der Waals surface area (Å²) in [6.07, 6.45) is 6.46. The van der Waals surface area contributed by atoms with E-state index in [0.717, 1.165) is 54.5 Å². The molecule has 0 unspecified atom stereocenters. The maximum atomic E-state index is 13.0. The molecule has 0 aromatic carbocycles. The molecule has 0 bridgehead atoms. The second kappa shape index (κ2) is 7.04. The summed E-state index contributed by atoms with van der Waals surface area (Å²) in [7, 11) is 0. The fourth-order valence-electron chi connectivity index (χ4n) is 4.30. The largest absolute Gasteiger partial charge is 0.368 e. The highest BCUT2D eigenvalue weighted by Crippen LogP contribution is 2.34. The number of aromatic nitrogens is 3. The molecule has 1 fully saturated rings. The molecule has 1 atom stereocenters. The summed E-state index contributed by atoms with van der Waals surface area (Å²) >= 11 is 0. The van der Waals surface area contributed by atoms with E-state index in [1.807, 2.05) is 42.0 Å². The van der Waals surface area contributed by atoms with Crippen LogP contribution in [0.25, 0.3) is 5.65 Å². The van der Waals surface area contributed by atoms with Gasteiger partial charge in [0.25, 0.3) is 0 Å². The SMILES string of the molecule is Cc1cn2cc(NC(=O)N3CCc4c(N5CCN[C@@H](C)C5)ccnc43)ccc2n1. The van der Waals surface area contributed by atoms with Crippen molar-refractivity contribution in [2.75, 3.05) is 41.3 Å². The molecule has 2 aliphatic heterocycles. The summed E-state index contributed by atoms with van der Waals surface area (Å²) in [4.78, 5) is 26.1. The summed E-state index contributed by atoms with van der Waals surface area (Å²) in [5.41, 5.74) is 4.91. The Morgan fingerprint density at radius 1 is 1.24 bits per heavy atom. The van der Waals surface area contributed by atoms with Crippen LogP contribution in [0.1, 0.15) is 18.2 Å². The predicted molar refractivity (Wildman–Crippen MR) is 114 cm³/mol. The van der Waals surface area contributed by atoms with Gasteiger partial charge in [-0.25, -0.2) is 14.8 Å². The fourth-order valence-corrected chi connectivity index (χ4v) is 4.30. The average molecular weight is 391 g/mol. The second-order valence-electron chi connectivity index (χ2n) is 7.83. The van der Waals surface area contributed by atoms with Gasteiger partial charge in [-0.1, -0.05) is 0 Å². The van der Waals surface area contributed by atoms with Crippen molar-refractivity contribution < 1.29 is 4.79 Å². The van der Waals surface area contributed by atoms with Crippen molar-refractivity contribution in [1.29, 1.82) is 0 Å². The smallest absolute Gasteiger partial charge is 0.327 e. The number of rotatable bonds is 2. The minimum absolute atomic E-state index is 0.154. The van der Waals surface area contributed by atoms with Gasteiger partial charge in [-0.05, 0) is 38.5 Å². The van der Waals surface area contributed by atoms with E-state index in [4.69, 9.17) is 0 Å². The highest BCUT2D eigenvalue weighted by atomic mass is 16.2. The van der Waals surface area contributed by atoms with Crippen molar-refractivity contribution in [2.45, 2.75) is 26.3 Å². The van der Waals surface area contributed by atoms with Crippen LogP contribution in [0.5, 0.6) is 0 Å². The number of urea groups is 1. The van der Waals surface area contributed by atoms with Gasteiger partial charge >= 0.3 is 6.03 Å². The number of imidazole rings is 1. The molecule has 2 aliphatic rings. The normalized spacial score (nSPS) is 18.9. The Labute approximate surface area is 169 Å². The zero-order valence-electron chi connectivity index (χ0n) is 16.7. The molecule has 29 heavy (non-hydrogen) atoms. The van der Waals surface area contributed by atoms with Gasteiger partial charge in [-0.15, -0.1) is 0 Å². The molecule has 8 heteroatoms. The Morgan fingerprint density at radius 3 is 3.00 bits per heavy atom. The number of carbonyl (C=O) groups excluding carboxylic acids is 1. The van der Waals surface area contributed by atoms with E-state index in [0.29, 0.717) is 12.6 Å². The lowest BCUT2D eigenvalue weighted by molar-refractivity contribution is 0.257. The maximum absolute atomic E-state index is 13.0. The van der Waals surface area contributed by atoms with E-state index in [-0.39, 0.29) is 6.03 Å². The number of aryl methyl sites for hydroxylation is 1. The third-order valence-electron chi connectivity index (χ3n) is 5.63. The van der Waals surface area contributed by atoms with Crippen molar-refractivity contribution in [3.8, 4) is 0 Å². The Kier molecular flexibility index (Phi) is 4.35. The molecule has 1 saturated heterocycles. The molecule has 3 aromatic rings. The number of carbonyl (C=O) groups is 1. The zero-order chi connectivity index (χ0) is 20.0. The first kappa shape index (κ1) is 17.9. The molecule has 0 aliphatic carbocycles. The van der Waals surface area contributed by atoms with Gasteiger partial charge in [0.2, 0.25) is 0 Å². The van der Waals surface area contributed by atoms with Gasteiger partial charge in [0.05, 0.1) is 11.4 Å². The number of hydrogen-bond acceptors (Lipinski definition) is 5. The highest BCUT2D eigenvalue weighted by Gasteiger charge is 2.30. The Morgan fingerprint density at radius 2 is 2.14 bits per heavy atom. The quantitative estimate of drug-likeness (QED) is 0.702. The van der Waals surface area contributed by atoms with Gasteiger partial charge in [-0.2, -0.15) is 0 Å². The van der Waals surface area contributed by atoms with Crippen molar-refractivity contribution >= 4 is 28.9 Å². The third-order valence-corrected chi connectivity index (χ3v) is 5.63. The molecular formula is C21H25N7O. The van der Waals surface area contributed by atoms with Crippen molar-refractivity contribution in [3.63, 3.8) is 0 Å². The first-order valence-corrected chi connectivity index (χ1v) is 10.1. The number of piperazine rings is 1. The standard InChI is InChI=1S/C21H25N7O/c1-14-11-26(10-8-22-14)18-5-7-23-20-17(18)6-9-28(20)21(29)25-16-3-4-19-24-15(2)12-27(19)13-16/h3-5,7,12-14,22H,6,8-11H2,1-2H3,(H,25,29)/t14-/m0/s1. The zero-order valence-corrected chi connectivity index (χ0v) is 16.7. The van der Waals surface area contributed by atoms with Crippen LogP contribution < -0.4 is 20.4 Å². The number of amides is 2. The first-order valence-electron chi connectivity index (χ1n) is 10.1. The Hall–Kier alpha value is -3.13. The van der Waals surface area contributed by atoms with Crippen LogP contribution in [0, 0.1) is 6.92 Å². The third kappa shape index (κ3) is 3.29. The molecule has 150 valence electrons. The van der Waals surface area contributed by atoms with Gasteiger partial charge in [-0.3, -0.25) is 4.90 Å². The van der Waals surface area contributed by atoms with E-state index in [1.54, 1.807) is 4.90 Å². The molecular weight excluding hydrogens is 366 g/mol. The van der Waals surface area contributed by atoms with Crippen molar-refractivity contribution in [3.05, 3.63) is 48.0 Å². The fraction of sp³-hybridized carbons (Fsp3) is 0.381. The number of fused-ring (bicyclic) bond motifs is 2. The molecule has 5 rings (SSSR count). The summed E-state index contributed by atoms with van der Waals surface area (Å²) in [5.74, 6) is 0.769. The lowest BCUT2D eigenvalue weighted by atomic mass is 10.1. The lowest BCUT2D eigenvalue weighted by Crippen LogP contribution is -2.49. The number of hydrogen-bond donors (Lipinski definition) is 2. The summed E-state index contributed by atoms with van der Waals surface area (Å²) in [6.45, 7) is 7.70. The molecule has 0 radical (unpaired) electrons. The molecule has 2 amide bonds. The Bertz CT molecular complexity index is 1080. The van der Waals surface area contributed by atoms with E-state index in [9.17, 15) is 4.79 Å². The van der Waals surface area contributed by atoms with Crippen LogP contribution in [-0.4, -0.2) is 52.6 Å². The maximum Gasteiger partial charge on any atom is 0.327 e. The molecule has 0 spiro atoms. The van der Waals surface area contributed by atoms with E-state index in [1.165, 1.54) is 5.69 Å². The predicted octanol–water partition coefficient (Wildman–Crippen LogP) is 2.43. The van der Waals surface area contributed by atoms with E-state index < -0.39 is 0 Å². The van der Waals surface area contributed by atoms with Crippen LogP contribution in [0.2, 0.25) is 0 Å². The monoisotopic (exact) mass is 391 g/mol. The van der Waals surface area contributed by atoms with Gasteiger partial charge in [0.1, 0.15) is 11.5 Å². The van der Waals surface area contributed by atoms with Crippen molar-refractivity contribution in [1.82, 2.24) is 19.7 Å². The number of nitrogens with zero attached hydrogens (tertiary/aromatic N) is 5. The van der Waals surface area contributed by atoms with Gasteiger partial charge in [0, 0.05) is 62.1 Å². The van der Waals surface area contributed by atoms with Crippen LogP contribution in [0.3, 0.4) is 0 Å². The minimum Gasteiger partial charge on any atom is -0.368 e. The molecule has 5 heterocycles. The van der Waals surface area contributed by atoms with Crippen LogP contribution in [0.4, 0.5) is 22.0 Å². The summed E-state index contributed by atoms with van der Waals surface area (Å²) in [5, 5.41) is 6.49. The van der Waals surface area contributed by atoms with E-state index in [2.05, 4.69) is 38.5 Å². The number of anilines is 3. The van der Waals surface area contributed by atoms with Crippen LogP contribution in [0.15, 0.2) is 36.8 Å². The average Bonchev–Trinajstić information content (AvgIpc) is 3.30. The lowest BCUT2D eigenvalue weighted by Gasteiger charge is -2.34. The Balaban J connectivity index is 1.38. The molecule has 8 nitrogen and oxygen atoms in total. The number of nitrogens with one attached hydrogen (secondary N) is 2. The van der Waals surface area contributed by atoms with E-state index >= 15 is 0 Å². The second-order valence-corrected chi connectivity index (χ2v) is 7.83. The molecule has 0 saturated carbocycles. The minimum atomic E-state index is -0.154. The van der Waals surface area contributed by atoms with Gasteiger partial charge in [0.15, 0.2) is 0 Å². The molecule has 3 aromatic heterocycles. The van der Waals surface area contributed by atoms with Crippen LogP contribution >= 0.6 is 0 Å². The molecule has 2 N–H and O–H groups in total. The topological polar surface area (TPSA) is 77.8 Å². The van der Waals surface area contributed by atoms with Crippen molar-refractivity contribution in [2.24, 2.45) is 0 Å².